The van der Waals surface area contributed by atoms with E-state index < -0.39 is 0 Å². The van der Waals surface area contributed by atoms with E-state index in [4.69, 9.17) is 4.74 Å². The summed E-state index contributed by atoms with van der Waals surface area (Å²) in [5, 5.41) is 3.51. The molecule has 1 aliphatic heterocycles. The monoisotopic (exact) mass is 406 g/mol. The minimum atomic E-state index is 0.805. The highest BCUT2D eigenvalue weighted by molar-refractivity contribution is 7.17. The Bertz CT molecular complexity index is 897. The number of hydrogen-bond acceptors (Lipinski definition) is 4. The fourth-order valence-electron chi connectivity index (χ4n) is 3.75. The Balaban J connectivity index is 1.08. The van der Waals surface area contributed by atoms with E-state index >= 15 is 0 Å². The number of ether oxygens (including phenoxy) is 1. The van der Waals surface area contributed by atoms with Crippen LogP contribution in [0.15, 0.2) is 66.1 Å². The van der Waals surface area contributed by atoms with Gasteiger partial charge in [-0.05, 0) is 40.4 Å². The van der Waals surface area contributed by atoms with Gasteiger partial charge in [-0.2, -0.15) is 0 Å². The zero-order chi connectivity index (χ0) is 19.7. The van der Waals surface area contributed by atoms with Gasteiger partial charge in [-0.25, -0.2) is 0 Å². The van der Waals surface area contributed by atoms with Gasteiger partial charge < -0.3 is 4.74 Å². The van der Waals surface area contributed by atoms with E-state index in [2.05, 4.69) is 81.9 Å². The molecule has 1 fully saturated rings. The van der Waals surface area contributed by atoms with Crippen LogP contribution in [0.3, 0.4) is 0 Å². The highest BCUT2D eigenvalue weighted by atomic mass is 32.1. The third-order valence-corrected chi connectivity index (χ3v) is 6.44. The Morgan fingerprint density at radius 2 is 1.72 bits per heavy atom. The molecule has 0 N–H and O–H groups in total. The summed E-state index contributed by atoms with van der Waals surface area (Å²) in [6.45, 7) is 8.26. The highest BCUT2D eigenvalue weighted by Gasteiger charge is 2.15. The standard InChI is InChI=1S/C25H30N2OS/c1-2-5-22(6-3-1)7-4-12-26-13-15-27(16-14-26)17-19-28-18-10-23-8-9-25-24(21-23)11-20-29-25/h1-9,11,20-21H,10,12-19H2/b7-4+. The molecule has 29 heavy (non-hydrogen) atoms. The number of rotatable bonds is 9. The van der Waals surface area contributed by atoms with Gasteiger partial charge in [0.05, 0.1) is 13.2 Å². The van der Waals surface area contributed by atoms with Gasteiger partial charge >= 0.3 is 0 Å². The molecule has 0 aliphatic carbocycles. The number of nitrogens with zero attached hydrogens (tertiary/aromatic N) is 2. The first-order valence-electron chi connectivity index (χ1n) is 10.6. The van der Waals surface area contributed by atoms with E-state index in [1.165, 1.54) is 21.2 Å². The predicted octanol–water partition coefficient (Wildman–Crippen LogP) is 4.79. The fourth-order valence-corrected chi connectivity index (χ4v) is 4.53. The maximum absolute atomic E-state index is 5.91. The molecular weight excluding hydrogens is 376 g/mol. The highest BCUT2D eigenvalue weighted by Crippen LogP contribution is 2.21. The number of piperazine rings is 1. The third-order valence-electron chi connectivity index (χ3n) is 5.54. The van der Waals surface area contributed by atoms with Crippen molar-refractivity contribution in [1.29, 1.82) is 0 Å². The van der Waals surface area contributed by atoms with Crippen molar-refractivity contribution in [2.24, 2.45) is 0 Å². The Hall–Kier alpha value is -1.98. The molecule has 0 amide bonds. The SMILES string of the molecule is C(=C\c1ccccc1)/CN1CCN(CCOCCc2ccc3sccc3c2)CC1. The van der Waals surface area contributed by atoms with E-state index in [0.29, 0.717) is 0 Å². The van der Waals surface area contributed by atoms with Gasteiger partial charge in [-0.3, -0.25) is 9.80 Å². The van der Waals surface area contributed by atoms with Crippen molar-refractivity contribution in [2.45, 2.75) is 6.42 Å². The van der Waals surface area contributed by atoms with E-state index in [1.54, 1.807) is 11.3 Å². The molecule has 4 heteroatoms. The molecule has 3 aromatic rings. The van der Waals surface area contributed by atoms with Gasteiger partial charge in [-0.15, -0.1) is 11.3 Å². The van der Waals surface area contributed by atoms with Crippen molar-refractivity contribution in [1.82, 2.24) is 9.80 Å². The van der Waals surface area contributed by atoms with Crippen LogP contribution in [0.5, 0.6) is 0 Å². The van der Waals surface area contributed by atoms with Crippen LogP contribution in [0.2, 0.25) is 0 Å². The molecule has 4 rings (SSSR count). The second-order valence-corrected chi connectivity index (χ2v) is 8.56. The molecule has 152 valence electrons. The molecule has 0 radical (unpaired) electrons. The molecule has 0 bridgehead atoms. The third kappa shape index (κ3) is 6.25. The largest absolute Gasteiger partial charge is 0.380 e. The van der Waals surface area contributed by atoms with Crippen molar-refractivity contribution in [3.63, 3.8) is 0 Å². The molecule has 0 atom stereocenters. The summed E-state index contributed by atoms with van der Waals surface area (Å²) in [6, 6.07) is 19.5. The van der Waals surface area contributed by atoms with E-state index in [1.807, 2.05) is 0 Å². The summed E-state index contributed by atoms with van der Waals surface area (Å²) in [6.07, 6.45) is 5.49. The molecule has 0 saturated carbocycles. The van der Waals surface area contributed by atoms with Crippen LogP contribution in [0.25, 0.3) is 16.2 Å². The van der Waals surface area contributed by atoms with Gasteiger partial charge in [0.2, 0.25) is 0 Å². The topological polar surface area (TPSA) is 15.7 Å². The maximum atomic E-state index is 5.91. The van der Waals surface area contributed by atoms with Crippen molar-refractivity contribution in [3.8, 4) is 0 Å². The summed E-state index contributed by atoms with van der Waals surface area (Å²) in [5.41, 5.74) is 2.64. The lowest BCUT2D eigenvalue weighted by molar-refractivity contribution is 0.0800. The first-order chi connectivity index (χ1) is 14.4. The number of benzene rings is 2. The molecule has 3 nitrogen and oxygen atoms in total. The lowest BCUT2D eigenvalue weighted by Crippen LogP contribution is -2.47. The van der Waals surface area contributed by atoms with Crippen molar-refractivity contribution < 1.29 is 4.74 Å². The van der Waals surface area contributed by atoms with Crippen LogP contribution in [0.4, 0.5) is 0 Å². The van der Waals surface area contributed by atoms with Gasteiger partial charge in [-0.1, -0.05) is 54.6 Å². The fraction of sp³-hybridized carbons (Fsp3) is 0.360. The Kier molecular flexibility index (Phi) is 7.49. The number of hydrogen-bond donors (Lipinski definition) is 0. The number of fused-ring (bicyclic) bond motifs is 1. The Morgan fingerprint density at radius 1 is 0.897 bits per heavy atom. The van der Waals surface area contributed by atoms with Gasteiger partial charge in [0.25, 0.3) is 0 Å². The van der Waals surface area contributed by atoms with Crippen LogP contribution in [0, 0.1) is 0 Å². The average molecular weight is 407 g/mol. The molecule has 1 saturated heterocycles. The average Bonchev–Trinajstić information content (AvgIpc) is 3.23. The zero-order valence-corrected chi connectivity index (χ0v) is 17.8. The summed E-state index contributed by atoms with van der Waals surface area (Å²) in [4.78, 5) is 5.05. The summed E-state index contributed by atoms with van der Waals surface area (Å²) in [7, 11) is 0. The van der Waals surface area contributed by atoms with Crippen LogP contribution in [-0.4, -0.2) is 62.3 Å². The molecule has 1 aromatic heterocycles. The molecule has 0 unspecified atom stereocenters. The van der Waals surface area contributed by atoms with Gasteiger partial charge in [0.15, 0.2) is 0 Å². The minimum Gasteiger partial charge on any atom is -0.380 e. The quantitative estimate of drug-likeness (QED) is 0.475. The predicted molar refractivity (Wildman–Crippen MR) is 125 cm³/mol. The molecule has 2 aromatic carbocycles. The van der Waals surface area contributed by atoms with Crippen molar-refractivity contribution in [2.75, 3.05) is 52.5 Å². The van der Waals surface area contributed by atoms with Gasteiger partial charge in [0, 0.05) is 44.0 Å². The minimum absolute atomic E-state index is 0.805. The molecule has 0 spiro atoms. The Labute approximate surface area is 178 Å². The van der Waals surface area contributed by atoms with Crippen molar-refractivity contribution in [3.05, 3.63) is 77.2 Å². The van der Waals surface area contributed by atoms with Crippen LogP contribution in [0.1, 0.15) is 11.1 Å². The molecule has 1 aliphatic rings. The molecular formula is C25H30N2OS. The summed E-state index contributed by atoms with van der Waals surface area (Å²) in [5.74, 6) is 0. The Morgan fingerprint density at radius 3 is 2.59 bits per heavy atom. The van der Waals surface area contributed by atoms with Crippen LogP contribution >= 0.6 is 11.3 Å². The first kappa shape index (κ1) is 20.3. The van der Waals surface area contributed by atoms with Crippen LogP contribution in [-0.2, 0) is 11.2 Å². The maximum Gasteiger partial charge on any atom is 0.0593 e. The lowest BCUT2D eigenvalue weighted by Gasteiger charge is -2.34. The van der Waals surface area contributed by atoms with Gasteiger partial charge in [0.1, 0.15) is 0 Å². The normalized spacial score (nSPS) is 16.1. The van der Waals surface area contributed by atoms with Crippen molar-refractivity contribution >= 4 is 27.5 Å². The smallest absolute Gasteiger partial charge is 0.0593 e. The second-order valence-electron chi connectivity index (χ2n) is 7.61. The number of thiophene rings is 1. The summed E-state index contributed by atoms with van der Waals surface area (Å²) >= 11 is 1.80. The summed E-state index contributed by atoms with van der Waals surface area (Å²) < 4.78 is 7.28. The first-order valence-corrected chi connectivity index (χ1v) is 11.4. The van der Waals surface area contributed by atoms with E-state index in [9.17, 15) is 0 Å². The van der Waals surface area contributed by atoms with E-state index in [0.717, 1.165) is 58.9 Å². The zero-order valence-electron chi connectivity index (χ0n) is 17.0. The lowest BCUT2D eigenvalue weighted by atomic mass is 10.1. The molecule has 2 heterocycles. The van der Waals surface area contributed by atoms with Crippen LogP contribution < -0.4 is 0 Å². The second kappa shape index (κ2) is 10.7. The van der Waals surface area contributed by atoms with E-state index in [-0.39, 0.29) is 0 Å².